The molecule has 1 saturated heterocycles. The summed E-state index contributed by atoms with van der Waals surface area (Å²) in [5.74, 6) is 0.720. The first kappa shape index (κ1) is 22.8. The van der Waals surface area contributed by atoms with E-state index in [2.05, 4.69) is 0 Å². The van der Waals surface area contributed by atoms with Gasteiger partial charge in [-0.05, 0) is 55.3 Å². The second-order valence-corrected chi connectivity index (χ2v) is 9.06. The summed E-state index contributed by atoms with van der Waals surface area (Å²) in [6.07, 6.45) is 1.64. The average Bonchev–Trinajstić information content (AvgIpc) is 3.46. The standard InChI is InChI=1S/C28H29N3O4/c1-19-7-4-5-10-24(19)26(32)30-13-12-29(17-20(30)2)27(33)25-16-22-11-14-35-28(22)31(25)18-21-8-6-9-23(15-21)34-3/h4-11,14-16,20H,12-13,17-18H2,1-3H3/t20-/m0/s1. The molecular formula is C28H29N3O4. The van der Waals surface area contributed by atoms with E-state index in [0.29, 0.717) is 43.1 Å². The van der Waals surface area contributed by atoms with E-state index in [0.717, 1.165) is 22.3 Å². The van der Waals surface area contributed by atoms with E-state index >= 15 is 0 Å². The molecule has 0 aliphatic carbocycles. The Labute approximate surface area is 204 Å². The number of furan rings is 1. The van der Waals surface area contributed by atoms with Gasteiger partial charge >= 0.3 is 0 Å². The molecule has 2 amide bonds. The van der Waals surface area contributed by atoms with Crippen LogP contribution < -0.4 is 4.74 Å². The van der Waals surface area contributed by atoms with Crippen molar-refractivity contribution >= 4 is 22.9 Å². The lowest BCUT2D eigenvalue weighted by molar-refractivity contribution is 0.0409. The van der Waals surface area contributed by atoms with Crippen LogP contribution >= 0.6 is 0 Å². The van der Waals surface area contributed by atoms with Gasteiger partial charge in [0.05, 0.1) is 19.9 Å². The first-order chi connectivity index (χ1) is 17.0. The Kier molecular flexibility index (Phi) is 6.07. The Morgan fingerprint density at radius 3 is 2.63 bits per heavy atom. The van der Waals surface area contributed by atoms with Crippen LogP contribution in [0.3, 0.4) is 0 Å². The molecule has 1 fully saturated rings. The van der Waals surface area contributed by atoms with Crippen LogP contribution in [0.4, 0.5) is 0 Å². The highest BCUT2D eigenvalue weighted by atomic mass is 16.5. The molecule has 4 aromatic rings. The molecule has 0 unspecified atom stereocenters. The molecule has 0 spiro atoms. The fraction of sp³-hybridized carbons (Fsp3) is 0.286. The summed E-state index contributed by atoms with van der Waals surface area (Å²) in [5.41, 5.74) is 3.92. The van der Waals surface area contributed by atoms with E-state index in [4.69, 9.17) is 9.15 Å². The van der Waals surface area contributed by atoms with Crippen LogP contribution in [0.15, 0.2) is 71.3 Å². The molecule has 7 nitrogen and oxygen atoms in total. The lowest BCUT2D eigenvalue weighted by atomic mass is 10.1. The fourth-order valence-electron chi connectivity index (χ4n) is 4.84. The van der Waals surface area contributed by atoms with Gasteiger partial charge in [0.25, 0.3) is 11.8 Å². The predicted octanol–water partition coefficient (Wildman–Crippen LogP) is 4.59. The maximum atomic E-state index is 13.7. The van der Waals surface area contributed by atoms with Crippen LogP contribution in [-0.2, 0) is 6.54 Å². The maximum absolute atomic E-state index is 13.7. The minimum absolute atomic E-state index is 0.0154. The minimum atomic E-state index is -0.0930. The van der Waals surface area contributed by atoms with Gasteiger partial charge in [0.1, 0.15) is 11.4 Å². The maximum Gasteiger partial charge on any atom is 0.270 e. The van der Waals surface area contributed by atoms with E-state index in [9.17, 15) is 9.59 Å². The number of fused-ring (bicyclic) bond motifs is 1. The normalized spacial score (nSPS) is 16.0. The lowest BCUT2D eigenvalue weighted by Gasteiger charge is -2.40. The molecule has 0 saturated carbocycles. The number of ether oxygens (including phenoxy) is 1. The van der Waals surface area contributed by atoms with Crippen molar-refractivity contribution in [2.45, 2.75) is 26.4 Å². The number of carbonyl (C=O) groups excluding carboxylic acids is 2. The number of amides is 2. The highest BCUT2D eigenvalue weighted by molar-refractivity contribution is 5.99. The van der Waals surface area contributed by atoms with Gasteiger partial charge in [-0.2, -0.15) is 0 Å². The zero-order chi connectivity index (χ0) is 24.5. The molecule has 1 atom stereocenters. The Balaban J connectivity index is 1.37. The van der Waals surface area contributed by atoms with Gasteiger partial charge < -0.3 is 23.5 Å². The van der Waals surface area contributed by atoms with E-state index < -0.39 is 0 Å². The molecule has 2 aromatic carbocycles. The van der Waals surface area contributed by atoms with Gasteiger partial charge in [0, 0.05) is 36.6 Å². The molecule has 5 rings (SSSR count). The first-order valence-corrected chi connectivity index (χ1v) is 11.8. The monoisotopic (exact) mass is 471 g/mol. The zero-order valence-corrected chi connectivity index (χ0v) is 20.2. The molecule has 180 valence electrons. The number of aromatic nitrogens is 1. The predicted molar refractivity (Wildman–Crippen MR) is 134 cm³/mol. The summed E-state index contributed by atoms with van der Waals surface area (Å²) >= 11 is 0. The molecule has 0 N–H and O–H groups in total. The summed E-state index contributed by atoms with van der Waals surface area (Å²) in [6.45, 7) is 5.87. The van der Waals surface area contributed by atoms with Crippen molar-refractivity contribution in [2.24, 2.45) is 0 Å². The van der Waals surface area contributed by atoms with Gasteiger partial charge in [0.15, 0.2) is 0 Å². The largest absolute Gasteiger partial charge is 0.497 e. The number of nitrogens with zero attached hydrogens (tertiary/aromatic N) is 3. The average molecular weight is 472 g/mol. The molecule has 2 aromatic heterocycles. The van der Waals surface area contributed by atoms with Crippen molar-refractivity contribution in [1.29, 1.82) is 0 Å². The van der Waals surface area contributed by atoms with Crippen LogP contribution in [0.5, 0.6) is 5.75 Å². The Bertz CT molecular complexity index is 1390. The van der Waals surface area contributed by atoms with Crippen LogP contribution in [0.25, 0.3) is 11.1 Å². The number of hydrogen-bond acceptors (Lipinski definition) is 4. The zero-order valence-electron chi connectivity index (χ0n) is 20.2. The third-order valence-electron chi connectivity index (χ3n) is 6.75. The van der Waals surface area contributed by atoms with E-state index in [1.807, 2.05) is 88.9 Å². The van der Waals surface area contributed by atoms with E-state index in [1.165, 1.54) is 0 Å². The topological polar surface area (TPSA) is 67.9 Å². The molecule has 35 heavy (non-hydrogen) atoms. The number of rotatable bonds is 5. The Morgan fingerprint density at radius 1 is 1.03 bits per heavy atom. The van der Waals surface area contributed by atoms with Gasteiger partial charge in [0.2, 0.25) is 5.71 Å². The van der Waals surface area contributed by atoms with Crippen molar-refractivity contribution in [3.63, 3.8) is 0 Å². The molecule has 0 radical (unpaired) electrons. The number of hydrogen-bond donors (Lipinski definition) is 0. The fourth-order valence-corrected chi connectivity index (χ4v) is 4.84. The summed E-state index contributed by atoms with van der Waals surface area (Å²) < 4.78 is 13.0. The number of methoxy groups -OCH3 is 1. The quantitative estimate of drug-likeness (QED) is 0.427. The number of aryl methyl sites for hydroxylation is 1. The minimum Gasteiger partial charge on any atom is -0.497 e. The Hall–Kier alpha value is -4.00. The molecular weight excluding hydrogens is 442 g/mol. The van der Waals surface area contributed by atoms with Gasteiger partial charge in [-0.25, -0.2) is 0 Å². The van der Waals surface area contributed by atoms with Gasteiger partial charge in [-0.15, -0.1) is 0 Å². The highest BCUT2D eigenvalue weighted by Crippen LogP contribution is 2.26. The van der Waals surface area contributed by atoms with Crippen LogP contribution in [0.2, 0.25) is 0 Å². The summed E-state index contributed by atoms with van der Waals surface area (Å²) in [6, 6.07) is 19.1. The second kappa shape index (κ2) is 9.33. The third-order valence-corrected chi connectivity index (χ3v) is 6.75. The Morgan fingerprint density at radius 2 is 1.86 bits per heavy atom. The molecule has 1 aliphatic heterocycles. The van der Waals surface area contributed by atoms with Crippen LogP contribution in [-0.4, -0.2) is 59.0 Å². The van der Waals surface area contributed by atoms with Gasteiger partial charge in [-0.3, -0.25) is 9.59 Å². The smallest absolute Gasteiger partial charge is 0.270 e. The molecule has 1 aliphatic rings. The van der Waals surface area contributed by atoms with Crippen LogP contribution in [0.1, 0.15) is 38.9 Å². The van der Waals surface area contributed by atoms with E-state index in [-0.39, 0.29) is 17.9 Å². The molecule has 0 bridgehead atoms. The molecule has 3 heterocycles. The van der Waals surface area contributed by atoms with Crippen molar-refractivity contribution in [3.05, 3.63) is 89.3 Å². The third kappa shape index (κ3) is 4.30. The lowest BCUT2D eigenvalue weighted by Crippen LogP contribution is -2.55. The van der Waals surface area contributed by atoms with Crippen molar-refractivity contribution in [3.8, 4) is 5.75 Å². The SMILES string of the molecule is COc1cccc(Cn2c(C(=O)N3CCN(C(=O)c4ccccc4C)[C@@H](C)C3)cc3ccoc32)c1. The van der Waals surface area contributed by atoms with E-state index in [1.54, 1.807) is 13.4 Å². The van der Waals surface area contributed by atoms with Crippen molar-refractivity contribution in [1.82, 2.24) is 14.4 Å². The summed E-state index contributed by atoms with van der Waals surface area (Å²) in [7, 11) is 1.64. The number of benzene rings is 2. The summed E-state index contributed by atoms with van der Waals surface area (Å²) in [5, 5.41) is 0.887. The first-order valence-electron chi connectivity index (χ1n) is 11.8. The molecule has 7 heteroatoms. The number of carbonyl (C=O) groups is 2. The van der Waals surface area contributed by atoms with Crippen molar-refractivity contribution < 1.29 is 18.7 Å². The van der Waals surface area contributed by atoms with Crippen LogP contribution in [0, 0.1) is 6.92 Å². The second-order valence-electron chi connectivity index (χ2n) is 9.06. The van der Waals surface area contributed by atoms with Gasteiger partial charge in [-0.1, -0.05) is 30.3 Å². The highest BCUT2D eigenvalue weighted by Gasteiger charge is 2.32. The van der Waals surface area contributed by atoms with Crippen molar-refractivity contribution in [2.75, 3.05) is 26.7 Å². The summed E-state index contributed by atoms with van der Waals surface area (Å²) in [4.78, 5) is 30.6. The number of piperazine rings is 1.